The SMILES string of the molecule is CCCC1CN(CC)C(C)CN1. The van der Waals surface area contributed by atoms with Crippen molar-refractivity contribution in [2.24, 2.45) is 0 Å². The lowest BCUT2D eigenvalue weighted by atomic mass is 10.1. The molecule has 0 bridgehead atoms. The third-order valence-corrected chi connectivity index (χ3v) is 2.82. The molecule has 1 rings (SSSR count). The van der Waals surface area contributed by atoms with Gasteiger partial charge in [0.1, 0.15) is 0 Å². The van der Waals surface area contributed by atoms with E-state index in [-0.39, 0.29) is 0 Å². The summed E-state index contributed by atoms with van der Waals surface area (Å²) in [6.07, 6.45) is 2.62. The number of nitrogens with zero attached hydrogens (tertiary/aromatic N) is 1. The van der Waals surface area contributed by atoms with E-state index >= 15 is 0 Å². The van der Waals surface area contributed by atoms with E-state index in [1.165, 1.54) is 32.5 Å². The molecule has 0 aromatic heterocycles. The minimum atomic E-state index is 0.725. The first-order valence-electron chi connectivity index (χ1n) is 5.25. The van der Waals surface area contributed by atoms with E-state index < -0.39 is 0 Å². The lowest BCUT2D eigenvalue weighted by Gasteiger charge is -2.38. The van der Waals surface area contributed by atoms with Crippen LogP contribution in [-0.4, -0.2) is 36.6 Å². The molecule has 0 spiro atoms. The van der Waals surface area contributed by atoms with Crippen LogP contribution in [0, 0.1) is 0 Å². The van der Waals surface area contributed by atoms with Gasteiger partial charge in [0.25, 0.3) is 0 Å². The predicted molar refractivity (Wildman–Crippen MR) is 53.4 cm³/mol. The minimum Gasteiger partial charge on any atom is -0.311 e. The summed E-state index contributed by atoms with van der Waals surface area (Å²) in [6.45, 7) is 10.4. The zero-order chi connectivity index (χ0) is 8.97. The van der Waals surface area contributed by atoms with E-state index in [1.807, 2.05) is 0 Å². The number of likely N-dealkylation sites (N-methyl/N-ethyl adjacent to an activating group) is 1. The third-order valence-electron chi connectivity index (χ3n) is 2.82. The Bertz CT molecular complexity index is 125. The molecule has 0 aromatic rings. The maximum absolute atomic E-state index is 3.59. The molecular weight excluding hydrogens is 148 g/mol. The summed E-state index contributed by atoms with van der Waals surface area (Å²) >= 11 is 0. The van der Waals surface area contributed by atoms with Crippen molar-refractivity contribution in [1.82, 2.24) is 10.2 Å². The standard InChI is InChI=1S/C10H22N2/c1-4-6-10-8-12(5-2)9(3)7-11-10/h9-11H,4-8H2,1-3H3. The number of piperazine rings is 1. The van der Waals surface area contributed by atoms with Gasteiger partial charge in [0.15, 0.2) is 0 Å². The highest BCUT2D eigenvalue weighted by Gasteiger charge is 2.22. The second-order valence-corrected chi connectivity index (χ2v) is 3.83. The first kappa shape index (κ1) is 10.0. The van der Waals surface area contributed by atoms with E-state index in [2.05, 4.69) is 31.0 Å². The van der Waals surface area contributed by atoms with Crippen LogP contribution in [0.15, 0.2) is 0 Å². The van der Waals surface area contributed by atoms with Crippen LogP contribution in [-0.2, 0) is 0 Å². The molecule has 0 amide bonds. The summed E-state index contributed by atoms with van der Waals surface area (Å²) in [5.74, 6) is 0. The van der Waals surface area contributed by atoms with Crippen LogP contribution in [0.2, 0.25) is 0 Å². The Morgan fingerprint density at radius 2 is 2.17 bits per heavy atom. The van der Waals surface area contributed by atoms with Crippen LogP contribution < -0.4 is 5.32 Å². The molecule has 72 valence electrons. The Hall–Kier alpha value is -0.0800. The average Bonchev–Trinajstić information content (AvgIpc) is 2.09. The quantitative estimate of drug-likeness (QED) is 0.690. The molecule has 2 nitrogen and oxygen atoms in total. The van der Waals surface area contributed by atoms with Gasteiger partial charge in [-0.15, -0.1) is 0 Å². The molecule has 1 N–H and O–H groups in total. The van der Waals surface area contributed by atoms with Crippen LogP contribution in [0.3, 0.4) is 0 Å². The molecule has 2 atom stereocenters. The van der Waals surface area contributed by atoms with Crippen molar-refractivity contribution < 1.29 is 0 Å². The first-order valence-corrected chi connectivity index (χ1v) is 5.25. The molecule has 12 heavy (non-hydrogen) atoms. The Morgan fingerprint density at radius 3 is 2.75 bits per heavy atom. The van der Waals surface area contributed by atoms with Gasteiger partial charge in [0.05, 0.1) is 0 Å². The fourth-order valence-corrected chi connectivity index (χ4v) is 1.98. The fourth-order valence-electron chi connectivity index (χ4n) is 1.98. The van der Waals surface area contributed by atoms with Gasteiger partial charge in [-0.2, -0.15) is 0 Å². The van der Waals surface area contributed by atoms with Crippen molar-refractivity contribution in [1.29, 1.82) is 0 Å². The van der Waals surface area contributed by atoms with Gasteiger partial charge in [-0.1, -0.05) is 20.3 Å². The molecule has 1 aliphatic heterocycles. The van der Waals surface area contributed by atoms with Gasteiger partial charge < -0.3 is 5.32 Å². The Morgan fingerprint density at radius 1 is 1.42 bits per heavy atom. The molecule has 0 aliphatic carbocycles. The summed E-state index contributed by atoms with van der Waals surface area (Å²) in [6, 6.07) is 1.47. The summed E-state index contributed by atoms with van der Waals surface area (Å²) in [7, 11) is 0. The summed E-state index contributed by atoms with van der Waals surface area (Å²) < 4.78 is 0. The van der Waals surface area contributed by atoms with Gasteiger partial charge in [-0.05, 0) is 19.9 Å². The van der Waals surface area contributed by atoms with E-state index in [0.717, 1.165) is 12.1 Å². The average molecular weight is 170 g/mol. The number of hydrogen-bond acceptors (Lipinski definition) is 2. The molecule has 2 unspecified atom stereocenters. The summed E-state index contributed by atoms with van der Waals surface area (Å²) in [5, 5.41) is 3.59. The Balaban J connectivity index is 2.33. The molecular formula is C10H22N2. The van der Waals surface area contributed by atoms with Gasteiger partial charge in [0.2, 0.25) is 0 Å². The summed E-state index contributed by atoms with van der Waals surface area (Å²) in [4.78, 5) is 2.57. The smallest absolute Gasteiger partial charge is 0.0195 e. The third kappa shape index (κ3) is 2.46. The van der Waals surface area contributed by atoms with Crippen LogP contribution in [0.1, 0.15) is 33.6 Å². The zero-order valence-corrected chi connectivity index (χ0v) is 8.64. The highest BCUT2D eigenvalue weighted by atomic mass is 15.2. The van der Waals surface area contributed by atoms with E-state index in [9.17, 15) is 0 Å². The van der Waals surface area contributed by atoms with Crippen molar-refractivity contribution in [3.05, 3.63) is 0 Å². The maximum Gasteiger partial charge on any atom is 0.0195 e. The predicted octanol–water partition coefficient (Wildman–Crippen LogP) is 1.47. The van der Waals surface area contributed by atoms with Gasteiger partial charge >= 0.3 is 0 Å². The van der Waals surface area contributed by atoms with Gasteiger partial charge in [-0.25, -0.2) is 0 Å². The van der Waals surface area contributed by atoms with Gasteiger partial charge in [-0.3, -0.25) is 4.90 Å². The Labute approximate surface area is 76.3 Å². The lowest BCUT2D eigenvalue weighted by Crippen LogP contribution is -2.55. The van der Waals surface area contributed by atoms with Crippen molar-refractivity contribution in [3.8, 4) is 0 Å². The molecule has 1 saturated heterocycles. The normalized spacial score (nSPS) is 32.2. The minimum absolute atomic E-state index is 0.725. The largest absolute Gasteiger partial charge is 0.311 e. The molecule has 0 radical (unpaired) electrons. The van der Waals surface area contributed by atoms with Crippen molar-refractivity contribution >= 4 is 0 Å². The Kier molecular flexibility index (Phi) is 4.02. The highest BCUT2D eigenvalue weighted by Crippen LogP contribution is 2.09. The van der Waals surface area contributed by atoms with Crippen molar-refractivity contribution in [3.63, 3.8) is 0 Å². The maximum atomic E-state index is 3.59. The van der Waals surface area contributed by atoms with E-state index in [0.29, 0.717) is 0 Å². The van der Waals surface area contributed by atoms with Crippen molar-refractivity contribution in [2.75, 3.05) is 19.6 Å². The van der Waals surface area contributed by atoms with Crippen LogP contribution >= 0.6 is 0 Å². The monoisotopic (exact) mass is 170 g/mol. The highest BCUT2D eigenvalue weighted by molar-refractivity contribution is 4.82. The molecule has 1 fully saturated rings. The molecule has 0 aromatic carbocycles. The van der Waals surface area contributed by atoms with Crippen molar-refractivity contribution in [2.45, 2.75) is 45.7 Å². The second kappa shape index (κ2) is 4.83. The summed E-state index contributed by atoms with van der Waals surface area (Å²) in [5.41, 5.74) is 0. The molecule has 1 heterocycles. The molecule has 2 heteroatoms. The van der Waals surface area contributed by atoms with Gasteiger partial charge in [0, 0.05) is 25.2 Å². The van der Waals surface area contributed by atoms with Crippen LogP contribution in [0.5, 0.6) is 0 Å². The number of rotatable bonds is 3. The van der Waals surface area contributed by atoms with Crippen LogP contribution in [0.25, 0.3) is 0 Å². The molecule has 1 aliphatic rings. The lowest BCUT2D eigenvalue weighted by molar-refractivity contribution is 0.144. The van der Waals surface area contributed by atoms with E-state index in [1.54, 1.807) is 0 Å². The second-order valence-electron chi connectivity index (χ2n) is 3.83. The number of nitrogens with one attached hydrogen (secondary N) is 1. The first-order chi connectivity index (χ1) is 5.77. The van der Waals surface area contributed by atoms with Crippen LogP contribution in [0.4, 0.5) is 0 Å². The fraction of sp³-hybridized carbons (Fsp3) is 1.00. The molecule has 0 saturated carbocycles. The van der Waals surface area contributed by atoms with E-state index in [4.69, 9.17) is 0 Å². The number of hydrogen-bond donors (Lipinski definition) is 1. The zero-order valence-electron chi connectivity index (χ0n) is 8.64. The topological polar surface area (TPSA) is 15.3 Å².